The molecular weight excluding hydrogens is 287 g/mol. The van der Waals surface area contributed by atoms with E-state index in [1.54, 1.807) is 6.07 Å². The quantitative estimate of drug-likeness (QED) is 0.644. The molecule has 1 N–H and O–H groups in total. The lowest BCUT2D eigenvalue weighted by Gasteiger charge is -2.22. The minimum absolute atomic E-state index is 0.273. The van der Waals surface area contributed by atoms with Gasteiger partial charge in [0.25, 0.3) is 0 Å². The lowest BCUT2D eigenvalue weighted by Crippen LogP contribution is -2.04. The summed E-state index contributed by atoms with van der Waals surface area (Å²) in [5.41, 5.74) is 5.23. The SMILES string of the molecule is Cc1cc2nc(-c3ccc(C4CCCCC4)cc3)c(F)cc2[nH]1. The molecule has 118 valence electrons. The van der Waals surface area contributed by atoms with Crippen molar-refractivity contribution in [2.24, 2.45) is 0 Å². The third kappa shape index (κ3) is 2.76. The number of nitrogens with zero attached hydrogens (tertiary/aromatic N) is 1. The maximum atomic E-state index is 14.4. The van der Waals surface area contributed by atoms with E-state index in [1.165, 1.54) is 37.7 Å². The average Bonchev–Trinajstić information content (AvgIpc) is 2.94. The monoisotopic (exact) mass is 308 g/mol. The van der Waals surface area contributed by atoms with Gasteiger partial charge in [0.15, 0.2) is 5.82 Å². The van der Waals surface area contributed by atoms with Crippen molar-refractivity contribution in [3.63, 3.8) is 0 Å². The summed E-state index contributed by atoms with van der Waals surface area (Å²) in [6.45, 7) is 1.96. The van der Waals surface area contributed by atoms with Crippen LogP contribution in [0.3, 0.4) is 0 Å². The van der Waals surface area contributed by atoms with Gasteiger partial charge < -0.3 is 4.98 Å². The second kappa shape index (κ2) is 5.80. The van der Waals surface area contributed by atoms with Crippen molar-refractivity contribution in [2.45, 2.75) is 44.9 Å². The Morgan fingerprint density at radius 1 is 1.04 bits per heavy atom. The van der Waals surface area contributed by atoms with Crippen molar-refractivity contribution in [1.82, 2.24) is 9.97 Å². The molecule has 2 aromatic heterocycles. The van der Waals surface area contributed by atoms with Gasteiger partial charge in [-0.2, -0.15) is 0 Å². The van der Waals surface area contributed by atoms with Gasteiger partial charge in [-0.3, -0.25) is 0 Å². The van der Waals surface area contributed by atoms with E-state index < -0.39 is 0 Å². The molecule has 1 aliphatic rings. The van der Waals surface area contributed by atoms with Crippen LogP contribution in [-0.4, -0.2) is 9.97 Å². The van der Waals surface area contributed by atoms with Crippen LogP contribution in [0.4, 0.5) is 4.39 Å². The van der Waals surface area contributed by atoms with E-state index in [1.807, 2.05) is 25.1 Å². The number of pyridine rings is 1. The molecule has 1 aliphatic carbocycles. The molecular formula is C20H21FN2. The van der Waals surface area contributed by atoms with Crippen LogP contribution in [0, 0.1) is 12.7 Å². The maximum Gasteiger partial charge on any atom is 0.151 e. The highest BCUT2D eigenvalue weighted by molar-refractivity contribution is 5.79. The number of aryl methyl sites for hydroxylation is 1. The topological polar surface area (TPSA) is 28.7 Å². The lowest BCUT2D eigenvalue weighted by atomic mass is 9.84. The van der Waals surface area contributed by atoms with Crippen molar-refractivity contribution in [2.75, 3.05) is 0 Å². The van der Waals surface area contributed by atoms with Gasteiger partial charge in [-0.25, -0.2) is 9.37 Å². The van der Waals surface area contributed by atoms with Gasteiger partial charge in [0.1, 0.15) is 5.69 Å². The second-order valence-corrected chi connectivity index (χ2v) is 6.66. The maximum absolute atomic E-state index is 14.4. The van der Waals surface area contributed by atoms with Crippen LogP contribution in [0.2, 0.25) is 0 Å². The zero-order chi connectivity index (χ0) is 15.8. The Morgan fingerprint density at radius 2 is 1.78 bits per heavy atom. The largest absolute Gasteiger partial charge is 0.357 e. The first-order valence-corrected chi connectivity index (χ1v) is 8.47. The molecule has 0 bridgehead atoms. The Morgan fingerprint density at radius 3 is 2.52 bits per heavy atom. The van der Waals surface area contributed by atoms with E-state index in [-0.39, 0.29) is 5.82 Å². The van der Waals surface area contributed by atoms with E-state index in [0.29, 0.717) is 11.6 Å². The van der Waals surface area contributed by atoms with E-state index in [2.05, 4.69) is 22.1 Å². The number of nitrogens with one attached hydrogen (secondary N) is 1. The fraction of sp³-hybridized carbons (Fsp3) is 0.350. The normalized spacial score (nSPS) is 16.1. The molecule has 1 fully saturated rings. The molecule has 0 radical (unpaired) electrons. The predicted octanol–water partition coefficient (Wildman–Crippen LogP) is 5.73. The number of aromatic nitrogens is 2. The van der Waals surface area contributed by atoms with Crippen molar-refractivity contribution in [3.8, 4) is 11.3 Å². The van der Waals surface area contributed by atoms with Crippen molar-refractivity contribution in [3.05, 3.63) is 53.5 Å². The van der Waals surface area contributed by atoms with Crippen molar-refractivity contribution in [1.29, 1.82) is 0 Å². The Balaban J connectivity index is 1.68. The fourth-order valence-corrected chi connectivity index (χ4v) is 3.72. The molecule has 1 aromatic carbocycles. The summed E-state index contributed by atoms with van der Waals surface area (Å²) in [5.74, 6) is 0.398. The zero-order valence-corrected chi connectivity index (χ0v) is 13.4. The summed E-state index contributed by atoms with van der Waals surface area (Å²) < 4.78 is 14.4. The number of aromatic amines is 1. The van der Waals surface area contributed by atoms with E-state index in [0.717, 1.165) is 22.3 Å². The first-order valence-electron chi connectivity index (χ1n) is 8.47. The zero-order valence-electron chi connectivity index (χ0n) is 13.4. The molecule has 4 rings (SSSR count). The third-order valence-electron chi connectivity index (χ3n) is 4.95. The highest BCUT2D eigenvalue weighted by atomic mass is 19.1. The van der Waals surface area contributed by atoms with E-state index in [9.17, 15) is 4.39 Å². The van der Waals surface area contributed by atoms with Gasteiger partial charge in [-0.1, -0.05) is 43.5 Å². The highest BCUT2D eigenvalue weighted by Crippen LogP contribution is 2.34. The minimum Gasteiger partial charge on any atom is -0.357 e. The standard InChI is InChI=1S/C20H21FN2/c1-13-11-18-19(22-13)12-17(21)20(23-18)16-9-7-15(8-10-16)14-5-3-2-4-6-14/h7-12,14,22H,2-6H2,1H3. The van der Waals surface area contributed by atoms with Gasteiger partial charge in [0.05, 0.1) is 11.0 Å². The molecule has 0 unspecified atom stereocenters. The van der Waals surface area contributed by atoms with Crippen molar-refractivity contribution >= 4 is 11.0 Å². The lowest BCUT2D eigenvalue weighted by molar-refractivity contribution is 0.443. The van der Waals surface area contributed by atoms with Crippen LogP contribution in [0.25, 0.3) is 22.3 Å². The molecule has 0 amide bonds. The van der Waals surface area contributed by atoms with Crippen LogP contribution < -0.4 is 0 Å². The summed E-state index contributed by atoms with van der Waals surface area (Å²) >= 11 is 0. The van der Waals surface area contributed by atoms with Crippen LogP contribution >= 0.6 is 0 Å². The summed E-state index contributed by atoms with van der Waals surface area (Å²) in [5, 5.41) is 0. The minimum atomic E-state index is -0.273. The summed E-state index contributed by atoms with van der Waals surface area (Å²) in [6, 6.07) is 11.8. The summed E-state index contributed by atoms with van der Waals surface area (Å²) in [7, 11) is 0. The molecule has 2 heterocycles. The second-order valence-electron chi connectivity index (χ2n) is 6.66. The summed E-state index contributed by atoms with van der Waals surface area (Å²) in [6.07, 6.45) is 6.57. The van der Waals surface area contributed by atoms with E-state index in [4.69, 9.17) is 0 Å². The van der Waals surface area contributed by atoms with Gasteiger partial charge in [0.2, 0.25) is 0 Å². The molecule has 0 atom stereocenters. The van der Waals surface area contributed by atoms with Gasteiger partial charge in [0, 0.05) is 17.3 Å². The third-order valence-corrected chi connectivity index (χ3v) is 4.95. The molecule has 1 saturated carbocycles. The van der Waals surface area contributed by atoms with Crippen molar-refractivity contribution < 1.29 is 4.39 Å². The molecule has 2 nitrogen and oxygen atoms in total. The molecule has 0 spiro atoms. The Hall–Kier alpha value is -2.16. The molecule has 3 aromatic rings. The van der Waals surface area contributed by atoms with E-state index >= 15 is 0 Å². The number of fused-ring (bicyclic) bond motifs is 1. The first kappa shape index (κ1) is 14.4. The Bertz CT molecular complexity index is 827. The fourth-order valence-electron chi connectivity index (χ4n) is 3.72. The van der Waals surface area contributed by atoms with Crippen LogP contribution in [-0.2, 0) is 0 Å². The molecule has 0 saturated heterocycles. The Labute approximate surface area is 135 Å². The number of rotatable bonds is 2. The average molecular weight is 308 g/mol. The highest BCUT2D eigenvalue weighted by Gasteiger charge is 2.16. The van der Waals surface area contributed by atoms with Gasteiger partial charge >= 0.3 is 0 Å². The molecule has 0 aliphatic heterocycles. The Kier molecular flexibility index (Phi) is 3.64. The number of benzene rings is 1. The number of halogens is 1. The smallest absolute Gasteiger partial charge is 0.151 e. The number of H-pyrrole nitrogens is 1. The van der Waals surface area contributed by atoms with Gasteiger partial charge in [-0.15, -0.1) is 0 Å². The van der Waals surface area contributed by atoms with Crippen LogP contribution in [0.15, 0.2) is 36.4 Å². The molecule has 23 heavy (non-hydrogen) atoms. The van der Waals surface area contributed by atoms with Gasteiger partial charge in [-0.05, 0) is 37.3 Å². The van der Waals surface area contributed by atoms with Crippen LogP contribution in [0.5, 0.6) is 0 Å². The van der Waals surface area contributed by atoms with Crippen LogP contribution in [0.1, 0.15) is 49.3 Å². The number of hydrogen-bond acceptors (Lipinski definition) is 1. The number of hydrogen-bond donors (Lipinski definition) is 1. The predicted molar refractivity (Wildman–Crippen MR) is 92.1 cm³/mol. The molecule has 3 heteroatoms. The first-order chi connectivity index (χ1) is 11.2. The summed E-state index contributed by atoms with van der Waals surface area (Å²) in [4.78, 5) is 7.63.